The van der Waals surface area contributed by atoms with Gasteiger partial charge in [-0.15, -0.1) is 0 Å². The van der Waals surface area contributed by atoms with Gasteiger partial charge in [-0.1, -0.05) is 0 Å². The number of hydrogen-bond acceptors (Lipinski definition) is 2. The number of alkyl halides is 3. The second-order valence-electron chi connectivity index (χ2n) is 3.08. The molecule has 1 rings (SSSR count). The number of pyridine rings is 1. The number of aliphatic hydroxyl groups is 1. The molecule has 0 bridgehead atoms. The molecule has 1 aromatic heterocycles. The van der Waals surface area contributed by atoms with Gasteiger partial charge in [0.25, 0.3) is 0 Å². The molecule has 1 N–H and O–H groups in total. The van der Waals surface area contributed by atoms with Gasteiger partial charge in [0, 0.05) is 12.4 Å². The normalized spacial score (nSPS) is 14.1. The molecule has 0 aliphatic heterocycles. The van der Waals surface area contributed by atoms with E-state index in [0.717, 1.165) is 6.20 Å². The fraction of sp³-hybridized carbons (Fsp3) is 0.444. The van der Waals surface area contributed by atoms with E-state index in [1.54, 1.807) is 0 Å². The lowest BCUT2D eigenvalue weighted by atomic mass is 10.0. The monoisotopic (exact) mass is 205 g/mol. The van der Waals surface area contributed by atoms with Crippen molar-refractivity contribution >= 4 is 0 Å². The number of aromatic nitrogens is 1. The Hall–Kier alpha value is -1.10. The molecule has 0 saturated carbocycles. The van der Waals surface area contributed by atoms with Crippen LogP contribution in [0.2, 0.25) is 0 Å². The van der Waals surface area contributed by atoms with Gasteiger partial charge in [-0.25, -0.2) is 0 Å². The van der Waals surface area contributed by atoms with Crippen LogP contribution in [0.5, 0.6) is 0 Å². The van der Waals surface area contributed by atoms with E-state index in [1.165, 1.54) is 19.2 Å². The average molecular weight is 205 g/mol. The summed E-state index contributed by atoms with van der Waals surface area (Å²) >= 11 is 0. The molecule has 1 aromatic rings. The van der Waals surface area contributed by atoms with Crippen molar-refractivity contribution in [1.29, 1.82) is 0 Å². The molecule has 78 valence electrons. The van der Waals surface area contributed by atoms with Crippen LogP contribution in [0.1, 0.15) is 18.1 Å². The molecular formula is C9H10F3NO. The van der Waals surface area contributed by atoms with Crippen LogP contribution in [0.3, 0.4) is 0 Å². The quantitative estimate of drug-likeness (QED) is 0.801. The summed E-state index contributed by atoms with van der Waals surface area (Å²) in [6.07, 6.45) is -3.15. The first-order valence-electron chi connectivity index (χ1n) is 4.09. The summed E-state index contributed by atoms with van der Waals surface area (Å²) in [4.78, 5) is 3.42. The van der Waals surface area contributed by atoms with E-state index in [0.29, 0.717) is 0 Å². The minimum atomic E-state index is -4.40. The Morgan fingerprint density at radius 2 is 2.14 bits per heavy atom. The number of nitrogens with zero attached hydrogens (tertiary/aromatic N) is 1. The largest absolute Gasteiger partial charge is 0.418 e. The molecular weight excluding hydrogens is 195 g/mol. The molecule has 0 amide bonds. The first-order valence-corrected chi connectivity index (χ1v) is 4.09. The second kappa shape index (κ2) is 3.96. The van der Waals surface area contributed by atoms with E-state index in [1.807, 2.05) is 0 Å². The van der Waals surface area contributed by atoms with Crippen LogP contribution in [-0.2, 0) is 12.6 Å². The molecule has 0 aliphatic carbocycles. The SMILES string of the molecule is CC(O)Cc1ccncc1C(F)(F)F. The van der Waals surface area contributed by atoms with Gasteiger partial charge < -0.3 is 5.11 Å². The van der Waals surface area contributed by atoms with Crippen LogP contribution in [-0.4, -0.2) is 16.2 Å². The zero-order chi connectivity index (χ0) is 10.8. The van der Waals surface area contributed by atoms with Crippen molar-refractivity contribution in [2.75, 3.05) is 0 Å². The van der Waals surface area contributed by atoms with Crippen LogP contribution in [0.4, 0.5) is 13.2 Å². The first kappa shape index (κ1) is 11.0. The van der Waals surface area contributed by atoms with Crippen molar-refractivity contribution in [3.05, 3.63) is 29.6 Å². The summed E-state index contributed by atoms with van der Waals surface area (Å²) in [5.41, 5.74) is -0.705. The van der Waals surface area contributed by atoms with Gasteiger partial charge >= 0.3 is 6.18 Å². The maximum Gasteiger partial charge on any atom is 0.418 e. The van der Waals surface area contributed by atoms with Crippen molar-refractivity contribution in [3.63, 3.8) is 0 Å². The van der Waals surface area contributed by atoms with Crippen LogP contribution >= 0.6 is 0 Å². The molecule has 0 aliphatic rings. The number of rotatable bonds is 2. The maximum atomic E-state index is 12.4. The highest BCUT2D eigenvalue weighted by molar-refractivity contribution is 5.26. The molecule has 14 heavy (non-hydrogen) atoms. The van der Waals surface area contributed by atoms with Crippen molar-refractivity contribution < 1.29 is 18.3 Å². The lowest BCUT2D eigenvalue weighted by Crippen LogP contribution is -2.13. The summed E-state index contributed by atoms with van der Waals surface area (Å²) in [6.45, 7) is 1.45. The predicted molar refractivity (Wildman–Crippen MR) is 44.6 cm³/mol. The summed E-state index contributed by atoms with van der Waals surface area (Å²) in [5, 5.41) is 9.01. The highest BCUT2D eigenvalue weighted by Gasteiger charge is 2.33. The van der Waals surface area contributed by atoms with Gasteiger partial charge in [-0.05, 0) is 25.0 Å². The van der Waals surface area contributed by atoms with Crippen LogP contribution in [0.15, 0.2) is 18.5 Å². The minimum absolute atomic E-state index is 0.0165. The van der Waals surface area contributed by atoms with E-state index in [9.17, 15) is 13.2 Å². The zero-order valence-corrected chi connectivity index (χ0v) is 7.54. The van der Waals surface area contributed by atoms with Crippen molar-refractivity contribution in [3.8, 4) is 0 Å². The number of hydrogen-bond donors (Lipinski definition) is 1. The molecule has 0 fully saturated rings. The molecule has 1 atom stereocenters. The molecule has 2 nitrogen and oxygen atoms in total. The van der Waals surface area contributed by atoms with Crippen molar-refractivity contribution in [2.24, 2.45) is 0 Å². The van der Waals surface area contributed by atoms with Gasteiger partial charge in [0.05, 0.1) is 11.7 Å². The third-order valence-electron chi connectivity index (χ3n) is 1.73. The van der Waals surface area contributed by atoms with Gasteiger partial charge in [0.1, 0.15) is 0 Å². The zero-order valence-electron chi connectivity index (χ0n) is 7.54. The Labute approximate surface area is 79.4 Å². The molecule has 5 heteroatoms. The maximum absolute atomic E-state index is 12.4. The second-order valence-corrected chi connectivity index (χ2v) is 3.08. The summed E-state index contributed by atoms with van der Waals surface area (Å²) < 4.78 is 37.1. The van der Waals surface area contributed by atoms with Gasteiger partial charge in [0.2, 0.25) is 0 Å². The van der Waals surface area contributed by atoms with E-state index in [-0.39, 0.29) is 12.0 Å². The van der Waals surface area contributed by atoms with E-state index >= 15 is 0 Å². The minimum Gasteiger partial charge on any atom is -0.393 e. The van der Waals surface area contributed by atoms with Gasteiger partial charge in [-0.2, -0.15) is 13.2 Å². The highest BCUT2D eigenvalue weighted by atomic mass is 19.4. The third kappa shape index (κ3) is 2.70. The van der Waals surface area contributed by atoms with Gasteiger partial charge in [-0.3, -0.25) is 4.98 Å². The Morgan fingerprint density at radius 3 is 2.64 bits per heavy atom. The summed E-state index contributed by atoms with van der Waals surface area (Å²) in [6, 6.07) is 1.27. The van der Waals surface area contributed by atoms with E-state index in [4.69, 9.17) is 5.11 Å². The van der Waals surface area contributed by atoms with Crippen LogP contribution in [0, 0.1) is 0 Å². The highest BCUT2D eigenvalue weighted by Crippen LogP contribution is 2.31. The third-order valence-corrected chi connectivity index (χ3v) is 1.73. The Balaban J connectivity index is 3.04. The van der Waals surface area contributed by atoms with Crippen LogP contribution < -0.4 is 0 Å². The van der Waals surface area contributed by atoms with E-state index in [2.05, 4.69) is 4.98 Å². The lowest BCUT2D eigenvalue weighted by molar-refractivity contribution is -0.138. The Kier molecular flexibility index (Phi) is 3.10. The number of halogens is 3. The first-order chi connectivity index (χ1) is 6.41. The standard InChI is InChI=1S/C9H10F3NO/c1-6(14)4-7-2-3-13-5-8(7)9(10,11)12/h2-3,5-6,14H,4H2,1H3. The topological polar surface area (TPSA) is 33.1 Å². The van der Waals surface area contributed by atoms with E-state index < -0.39 is 17.8 Å². The van der Waals surface area contributed by atoms with Crippen LogP contribution in [0.25, 0.3) is 0 Å². The Morgan fingerprint density at radius 1 is 1.50 bits per heavy atom. The predicted octanol–water partition coefficient (Wildman–Crippen LogP) is 2.02. The van der Waals surface area contributed by atoms with Gasteiger partial charge in [0.15, 0.2) is 0 Å². The molecule has 0 saturated heterocycles. The van der Waals surface area contributed by atoms with Crippen molar-refractivity contribution in [2.45, 2.75) is 25.6 Å². The summed E-state index contributed by atoms with van der Waals surface area (Å²) in [5.74, 6) is 0. The molecule has 1 heterocycles. The summed E-state index contributed by atoms with van der Waals surface area (Å²) in [7, 11) is 0. The number of aliphatic hydroxyl groups excluding tert-OH is 1. The average Bonchev–Trinajstić information content (AvgIpc) is 2.01. The molecule has 0 aromatic carbocycles. The van der Waals surface area contributed by atoms with Crippen molar-refractivity contribution in [1.82, 2.24) is 4.98 Å². The fourth-order valence-corrected chi connectivity index (χ4v) is 1.17. The molecule has 0 radical (unpaired) electrons. The Bertz CT molecular complexity index is 309. The lowest BCUT2D eigenvalue weighted by Gasteiger charge is -2.12. The molecule has 0 spiro atoms. The fourth-order valence-electron chi connectivity index (χ4n) is 1.17. The molecule has 1 unspecified atom stereocenters. The smallest absolute Gasteiger partial charge is 0.393 e.